The Morgan fingerprint density at radius 1 is 1.33 bits per heavy atom. The molecule has 0 saturated carbocycles. The monoisotopic (exact) mass is 264 g/mol. The molecule has 0 aliphatic heterocycles. The maximum Gasteiger partial charge on any atom is 0.157 e. The zero-order chi connectivity index (χ0) is 8.72. The van der Waals surface area contributed by atoms with Crippen LogP contribution in [-0.4, -0.2) is 9.38 Å². The summed E-state index contributed by atoms with van der Waals surface area (Å²) >= 11 is 14.9. The molecule has 5 heteroatoms. The van der Waals surface area contributed by atoms with Gasteiger partial charge in [-0.1, -0.05) is 23.2 Å². The molecule has 2 heterocycles. The molecule has 0 aliphatic carbocycles. The number of hydrogen-bond donors (Lipinski definition) is 0. The highest BCUT2D eigenvalue weighted by atomic mass is 79.9. The van der Waals surface area contributed by atoms with Gasteiger partial charge in [-0.25, -0.2) is 4.98 Å². The van der Waals surface area contributed by atoms with Crippen molar-refractivity contribution in [1.82, 2.24) is 9.38 Å². The van der Waals surface area contributed by atoms with Gasteiger partial charge in [0.15, 0.2) is 5.65 Å². The van der Waals surface area contributed by atoms with Crippen LogP contribution in [0.25, 0.3) is 5.65 Å². The summed E-state index contributed by atoms with van der Waals surface area (Å²) < 4.78 is 2.51. The highest BCUT2D eigenvalue weighted by Gasteiger charge is 2.03. The minimum atomic E-state index is 0.549. The summed E-state index contributed by atoms with van der Waals surface area (Å²) in [4.78, 5) is 4.14. The molecule has 0 aromatic carbocycles. The van der Waals surface area contributed by atoms with Gasteiger partial charge in [0.05, 0.1) is 10.0 Å². The molecule has 0 unspecified atom stereocenters. The van der Waals surface area contributed by atoms with E-state index in [4.69, 9.17) is 23.2 Å². The molecule has 0 N–H and O–H groups in total. The summed E-state index contributed by atoms with van der Waals surface area (Å²) in [6.07, 6.45) is 3.55. The summed E-state index contributed by atoms with van der Waals surface area (Å²) in [5.74, 6) is 0. The van der Waals surface area contributed by atoms with E-state index in [-0.39, 0.29) is 0 Å². The summed E-state index contributed by atoms with van der Waals surface area (Å²) in [6.45, 7) is 0. The van der Waals surface area contributed by atoms with E-state index >= 15 is 0 Å². The molecule has 12 heavy (non-hydrogen) atoms. The Morgan fingerprint density at radius 2 is 2.08 bits per heavy atom. The molecule has 62 valence electrons. The van der Waals surface area contributed by atoms with Crippen LogP contribution in [0, 0.1) is 0 Å². The zero-order valence-electron chi connectivity index (χ0n) is 5.76. The summed E-state index contributed by atoms with van der Waals surface area (Å²) in [5, 5.41) is 1.14. The molecular formula is C7H3BrCl2N2. The van der Waals surface area contributed by atoms with Crippen LogP contribution in [0.5, 0.6) is 0 Å². The lowest BCUT2D eigenvalue weighted by Crippen LogP contribution is -1.82. The van der Waals surface area contributed by atoms with E-state index in [2.05, 4.69) is 20.9 Å². The van der Waals surface area contributed by atoms with Crippen LogP contribution >= 0.6 is 39.1 Å². The van der Waals surface area contributed by atoms with E-state index in [9.17, 15) is 0 Å². The Morgan fingerprint density at radius 3 is 2.83 bits per heavy atom. The standard InChI is InChI=1S/C7H3BrCl2N2/c8-6-3-12-2-4(9)1-5(10)7(12)11-6/h1-3H. The molecule has 2 aromatic heterocycles. The first-order valence-corrected chi connectivity index (χ1v) is 4.71. The van der Waals surface area contributed by atoms with Gasteiger partial charge >= 0.3 is 0 Å². The van der Waals surface area contributed by atoms with Crippen LogP contribution in [0.1, 0.15) is 0 Å². The van der Waals surface area contributed by atoms with Gasteiger partial charge in [0.1, 0.15) is 4.60 Å². The second-order valence-electron chi connectivity index (χ2n) is 2.30. The van der Waals surface area contributed by atoms with Crippen molar-refractivity contribution in [2.45, 2.75) is 0 Å². The van der Waals surface area contributed by atoms with E-state index in [0.717, 1.165) is 4.60 Å². The van der Waals surface area contributed by atoms with Crippen molar-refractivity contribution in [2.75, 3.05) is 0 Å². The molecular weight excluding hydrogens is 263 g/mol. The molecule has 2 nitrogen and oxygen atoms in total. The van der Waals surface area contributed by atoms with Crippen LogP contribution in [0.4, 0.5) is 0 Å². The third-order valence-electron chi connectivity index (χ3n) is 1.44. The lowest BCUT2D eigenvalue weighted by Gasteiger charge is -1.95. The van der Waals surface area contributed by atoms with E-state index in [1.54, 1.807) is 22.9 Å². The summed E-state index contributed by atoms with van der Waals surface area (Å²) in [5.41, 5.74) is 0.702. The number of hydrogen-bond acceptors (Lipinski definition) is 1. The van der Waals surface area contributed by atoms with Crippen molar-refractivity contribution in [3.63, 3.8) is 0 Å². The van der Waals surface area contributed by atoms with Crippen LogP contribution in [0.15, 0.2) is 23.1 Å². The maximum absolute atomic E-state index is 5.89. The predicted octanol–water partition coefficient (Wildman–Crippen LogP) is 3.40. The van der Waals surface area contributed by atoms with Gasteiger partial charge in [0.2, 0.25) is 0 Å². The highest BCUT2D eigenvalue weighted by Crippen LogP contribution is 2.22. The first-order valence-electron chi connectivity index (χ1n) is 3.16. The Bertz CT molecular complexity index is 438. The number of rotatable bonds is 0. The second-order valence-corrected chi connectivity index (χ2v) is 3.96. The topological polar surface area (TPSA) is 17.3 Å². The Balaban J connectivity index is 2.88. The van der Waals surface area contributed by atoms with Gasteiger partial charge in [0, 0.05) is 12.4 Å². The van der Waals surface area contributed by atoms with Crippen molar-refractivity contribution in [3.05, 3.63) is 33.1 Å². The second kappa shape index (κ2) is 2.91. The molecule has 0 radical (unpaired) electrons. The number of nitrogens with zero attached hydrogens (tertiary/aromatic N) is 2. The van der Waals surface area contributed by atoms with Crippen LogP contribution in [0.3, 0.4) is 0 Å². The largest absolute Gasteiger partial charge is 0.303 e. The number of aromatic nitrogens is 2. The van der Waals surface area contributed by atoms with E-state index in [0.29, 0.717) is 15.7 Å². The van der Waals surface area contributed by atoms with Crippen LogP contribution in [-0.2, 0) is 0 Å². The van der Waals surface area contributed by atoms with Gasteiger partial charge in [-0.15, -0.1) is 0 Å². The molecule has 0 spiro atoms. The fraction of sp³-hybridized carbons (Fsp3) is 0. The van der Waals surface area contributed by atoms with Crippen LogP contribution < -0.4 is 0 Å². The highest BCUT2D eigenvalue weighted by molar-refractivity contribution is 9.10. The number of imidazole rings is 1. The first kappa shape index (κ1) is 8.35. The molecule has 0 bridgehead atoms. The quantitative estimate of drug-likeness (QED) is 0.714. The summed E-state index contributed by atoms with van der Waals surface area (Å²) in [6, 6.07) is 1.66. The minimum Gasteiger partial charge on any atom is -0.303 e. The molecule has 0 amide bonds. The van der Waals surface area contributed by atoms with Gasteiger partial charge in [0.25, 0.3) is 0 Å². The normalized spacial score (nSPS) is 10.9. The lowest BCUT2D eigenvalue weighted by molar-refractivity contribution is 1.19. The zero-order valence-corrected chi connectivity index (χ0v) is 8.86. The van der Waals surface area contributed by atoms with Gasteiger partial charge in [-0.05, 0) is 22.0 Å². The molecule has 0 saturated heterocycles. The molecule has 0 atom stereocenters. The van der Waals surface area contributed by atoms with Crippen molar-refractivity contribution < 1.29 is 0 Å². The van der Waals surface area contributed by atoms with Crippen molar-refractivity contribution in [1.29, 1.82) is 0 Å². The maximum atomic E-state index is 5.89. The summed E-state index contributed by atoms with van der Waals surface area (Å²) in [7, 11) is 0. The van der Waals surface area contributed by atoms with Crippen molar-refractivity contribution >= 4 is 44.8 Å². The number of fused-ring (bicyclic) bond motifs is 1. The van der Waals surface area contributed by atoms with Gasteiger partial charge in [-0.2, -0.15) is 0 Å². The smallest absolute Gasteiger partial charge is 0.157 e. The number of halogens is 3. The fourth-order valence-corrected chi connectivity index (χ4v) is 1.91. The first-order chi connectivity index (χ1) is 5.66. The Labute approximate surface area is 87.2 Å². The molecule has 0 fully saturated rings. The minimum absolute atomic E-state index is 0.549. The van der Waals surface area contributed by atoms with Crippen molar-refractivity contribution in [2.24, 2.45) is 0 Å². The molecule has 0 aliphatic rings. The Kier molecular flexibility index (Phi) is 2.02. The average Bonchev–Trinajstić information content (AvgIpc) is 2.29. The fourth-order valence-electron chi connectivity index (χ4n) is 0.995. The average molecular weight is 266 g/mol. The van der Waals surface area contributed by atoms with E-state index < -0.39 is 0 Å². The van der Waals surface area contributed by atoms with E-state index in [1.165, 1.54) is 0 Å². The molecule has 2 aromatic rings. The number of pyridine rings is 1. The van der Waals surface area contributed by atoms with Gasteiger partial charge in [-0.3, -0.25) is 0 Å². The SMILES string of the molecule is Clc1cc(Cl)c2nc(Br)cn2c1. The third-order valence-corrected chi connectivity index (χ3v) is 2.31. The van der Waals surface area contributed by atoms with E-state index in [1.807, 2.05) is 0 Å². The lowest BCUT2D eigenvalue weighted by atomic mass is 10.5. The Hall–Kier alpha value is -0.250. The predicted molar refractivity (Wildman–Crippen MR) is 52.9 cm³/mol. The van der Waals surface area contributed by atoms with Gasteiger partial charge < -0.3 is 4.40 Å². The van der Waals surface area contributed by atoms with Crippen molar-refractivity contribution in [3.8, 4) is 0 Å². The van der Waals surface area contributed by atoms with Crippen LogP contribution in [0.2, 0.25) is 10.0 Å². The third kappa shape index (κ3) is 1.32. The molecule has 2 rings (SSSR count).